The highest BCUT2D eigenvalue weighted by Gasteiger charge is 2.25. The third-order valence-electron chi connectivity index (χ3n) is 7.97. The number of carboxylic acids is 1. The number of aromatic carboxylic acids is 1. The van der Waals surface area contributed by atoms with E-state index < -0.39 is 17.6 Å². The topological polar surface area (TPSA) is 107 Å². The zero-order valence-corrected chi connectivity index (χ0v) is 23.7. The molecule has 2 aliphatic heterocycles. The fourth-order valence-electron chi connectivity index (χ4n) is 5.59. The van der Waals surface area contributed by atoms with Gasteiger partial charge in [-0.3, -0.25) is 4.90 Å². The van der Waals surface area contributed by atoms with Gasteiger partial charge in [-0.15, -0.1) is 0 Å². The summed E-state index contributed by atoms with van der Waals surface area (Å²) in [5.74, 6) is -1.06. The zero-order valence-electron chi connectivity index (χ0n) is 22.9. The Morgan fingerprint density at radius 3 is 2.67 bits per heavy atom. The number of fused-ring (bicyclic) bond motifs is 2. The van der Waals surface area contributed by atoms with Crippen molar-refractivity contribution >= 4 is 45.4 Å². The van der Waals surface area contributed by atoms with Crippen LogP contribution < -0.4 is 0 Å². The molecule has 220 valence electrons. The van der Waals surface area contributed by atoms with Crippen molar-refractivity contribution in [3.63, 3.8) is 0 Å². The van der Waals surface area contributed by atoms with Crippen molar-refractivity contribution in [2.24, 2.45) is 0 Å². The summed E-state index contributed by atoms with van der Waals surface area (Å²) in [6.07, 6.45) is 3.80. The summed E-state index contributed by atoms with van der Waals surface area (Å²) in [7, 11) is 0. The molecular weight excluding hydrogens is 580 g/mol. The van der Waals surface area contributed by atoms with E-state index in [0.29, 0.717) is 66.5 Å². The number of aromatic nitrogens is 4. The molecule has 43 heavy (non-hydrogen) atoms. The first-order valence-electron chi connectivity index (χ1n) is 14.0. The highest BCUT2D eigenvalue weighted by atomic mass is 35.5. The number of hydrogen-bond acceptors (Lipinski definition) is 7. The molecule has 1 N–H and O–H groups in total. The highest BCUT2D eigenvalue weighted by molar-refractivity contribution is 6.30. The maximum atomic E-state index is 14.7. The van der Waals surface area contributed by atoms with Gasteiger partial charge in [-0.25, -0.2) is 28.5 Å². The minimum Gasteiger partial charge on any atom is -0.477 e. The standard InChI is InChI=1S/C31H26ClF2N5O4/c32-19-2-1-18(23(34)14-19)13-27-37-28-22(33)4-3-21(29(28)43-27)17-7-10-38(11-8-17)16-26-35-24-5-6-25(31(40)41)36-30(24)39(26)15-20-9-12-42-20/h1-7,14,20H,8-13,15-16H2,(H,40,41)/t20-/m0/s1. The van der Waals surface area contributed by atoms with E-state index in [0.717, 1.165) is 23.4 Å². The summed E-state index contributed by atoms with van der Waals surface area (Å²) in [4.78, 5) is 27.3. The SMILES string of the molecule is O=C(O)c1ccc2nc(CN3CC=C(c4ccc(F)c5nc(Cc6ccc(Cl)cc6F)oc45)CC3)n(C[C@@H]3CCO3)c2n1. The average Bonchev–Trinajstić information content (AvgIpc) is 3.54. The highest BCUT2D eigenvalue weighted by Crippen LogP contribution is 2.33. The van der Waals surface area contributed by atoms with Crippen LogP contribution in [0.5, 0.6) is 0 Å². The molecule has 1 fully saturated rings. The number of carbonyl (C=O) groups is 1. The fourth-order valence-corrected chi connectivity index (χ4v) is 5.75. The number of halogens is 3. The number of nitrogens with zero attached hydrogens (tertiary/aromatic N) is 5. The van der Waals surface area contributed by atoms with Gasteiger partial charge in [0.25, 0.3) is 0 Å². The quantitative estimate of drug-likeness (QED) is 0.234. The maximum Gasteiger partial charge on any atom is 0.354 e. The van der Waals surface area contributed by atoms with Gasteiger partial charge < -0.3 is 18.8 Å². The lowest BCUT2D eigenvalue weighted by atomic mass is 9.98. The minimum absolute atomic E-state index is 0.0280. The second-order valence-electron chi connectivity index (χ2n) is 10.8. The van der Waals surface area contributed by atoms with Crippen LogP contribution in [0.1, 0.15) is 46.2 Å². The van der Waals surface area contributed by atoms with Gasteiger partial charge in [0.05, 0.1) is 25.6 Å². The van der Waals surface area contributed by atoms with E-state index in [4.69, 9.17) is 25.7 Å². The van der Waals surface area contributed by atoms with Gasteiger partial charge in [-0.2, -0.15) is 0 Å². The lowest BCUT2D eigenvalue weighted by Gasteiger charge is -2.29. The van der Waals surface area contributed by atoms with E-state index in [1.165, 1.54) is 18.2 Å². The molecule has 2 aromatic carbocycles. The third kappa shape index (κ3) is 5.39. The van der Waals surface area contributed by atoms with E-state index in [2.05, 4.69) is 20.9 Å². The molecule has 7 rings (SSSR count). The first-order chi connectivity index (χ1) is 20.8. The van der Waals surface area contributed by atoms with E-state index in [1.54, 1.807) is 24.3 Å². The predicted octanol–water partition coefficient (Wildman–Crippen LogP) is 5.87. The Morgan fingerprint density at radius 1 is 1.09 bits per heavy atom. The summed E-state index contributed by atoms with van der Waals surface area (Å²) in [6.45, 7) is 3.12. The Hall–Kier alpha value is -4.19. The Morgan fingerprint density at radius 2 is 1.95 bits per heavy atom. The van der Waals surface area contributed by atoms with Crippen LogP contribution in [0.15, 0.2) is 53.0 Å². The molecule has 0 amide bonds. The number of carboxylic acid groups (broad SMARTS) is 1. The van der Waals surface area contributed by atoms with Crippen molar-refractivity contribution in [1.82, 2.24) is 24.4 Å². The Balaban J connectivity index is 1.13. The molecule has 1 saturated heterocycles. The number of oxazole rings is 1. The zero-order chi connectivity index (χ0) is 29.7. The first kappa shape index (κ1) is 27.6. The van der Waals surface area contributed by atoms with E-state index in [-0.39, 0.29) is 29.6 Å². The molecule has 12 heteroatoms. The second kappa shape index (κ2) is 11.1. The van der Waals surface area contributed by atoms with E-state index >= 15 is 0 Å². The van der Waals surface area contributed by atoms with Crippen molar-refractivity contribution in [2.75, 3.05) is 19.7 Å². The van der Waals surface area contributed by atoms with Gasteiger partial charge in [-0.05, 0) is 60.4 Å². The molecule has 5 aromatic rings. The normalized spacial score (nSPS) is 17.4. The number of benzene rings is 2. The van der Waals surface area contributed by atoms with Crippen LogP contribution in [0.25, 0.3) is 27.8 Å². The smallest absolute Gasteiger partial charge is 0.354 e. The van der Waals surface area contributed by atoms with Gasteiger partial charge in [0.2, 0.25) is 0 Å². The Labute approximate surface area is 249 Å². The second-order valence-corrected chi connectivity index (χ2v) is 11.2. The maximum absolute atomic E-state index is 14.7. The molecule has 9 nitrogen and oxygen atoms in total. The summed E-state index contributed by atoms with van der Waals surface area (Å²) in [5, 5.41) is 9.74. The van der Waals surface area contributed by atoms with Crippen LogP contribution in [-0.2, 0) is 24.2 Å². The monoisotopic (exact) mass is 605 g/mol. The van der Waals surface area contributed by atoms with Crippen molar-refractivity contribution in [2.45, 2.75) is 38.5 Å². The lowest BCUT2D eigenvalue weighted by Crippen LogP contribution is -2.33. The summed E-state index contributed by atoms with van der Waals surface area (Å²) < 4.78 is 42.7. The van der Waals surface area contributed by atoms with Gasteiger partial charge >= 0.3 is 5.97 Å². The van der Waals surface area contributed by atoms with Gasteiger partial charge in [-0.1, -0.05) is 23.7 Å². The molecule has 0 saturated carbocycles. The van der Waals surface area contributed by atoms with E-state index in [9.17, 15) is 18.7 Å². The molecular formula is C31H26ClF2N5O4. The molecule has 2 aliphatic rings. The molecule has 1 atom stereocenters. The number of hydrogen-bond donors (Lipinski definition) is 1. The average molecular weight is 606 g/mol. The fraction of sp³-hybridized carbons (Fsp3) is 0.290. The van der Waals surface area contributed by atoms with Gasteiger partial charge in [0, 0.05) is 30.3 Å². The molecule has 0 aliphatic carbocycles. The first-order valence-corrected chi connectivity index (χ1v) is 14.3. The Bertz CT molecular complexity index is 1920. The van der Waals surface area contributed by atoms with Crippen molar-refractivity contribution in [3.05, 3.63) is 93.7 Å². The molecule has 0 bridgehead atoms. The number of ether oxygens (including phenoxy) is 1. The van der Waals surface area contributed by atoms with E-state index in [1.807, 2.05) is 4.57 Å². The summed E-state index contributed by atoms with van der Waals surface area (Å²) in [6, 6.07) is 10.6. The molecule has 5 heterocycles. The predicted molar refractivity (Wildman–Crippen MR) is 155 cm³/mol. The van der Waals surface area contributed by atoms with Crippen LogP contribution >= 0.6 is 11.6 Å². The number of rotatable bonds is 8. The van der Waals surface area contributed by atoms with Crippen molar-refractivity contribution in [3.8, 4) is 0 Å². The molecule has 3 aromatic heterocycles. The minimum atomic E-state index is -1.09. The summed E-state index contributed by atoms with van der Waals surface area (Å²) >= 11 is 5.87. The van der Waals surface area contributed by atoms with Gasteiger partial charge in [0.15, 0.2) is 28.6 Å². The lowest BCUT2D eigenvalue weighted by molar-refractivity contribution is -0.0592. The third-order valence-corrected chi connectivity index (χ3v) is 8.20. The Kier molecular flexibility index (Phi) is 7.16. The van der Waals surface area contributed by atoms with Crippen molar-refractivity contribution < 1.29 is 27.8 Å². The van der Waals surface area contributed by atoms with Crippen molar-refractivity contribution in [1.29, 1.82) is 0 Å². The van der Waals surface area contributed by atoms with Crippen LogP contribution in [0.3, 0.4) is 0 Å². The number of pyridine rings is 1. The molecule has 0 radical (unpaired) electrons. The van der Waals surface area contributed by atoms with Crippen LogP contribution in [-0.4, -0.2) is 61.3 Å². The number of imidazole rings is 1. The van der Waals surface area contributed by atoms with Crippen LogP contribution in [0.4, 0.5) is 8.78 Å². The molecule has 0 spiro atoms. The van der Waals surface area contributed by atoms with Gasteiger partial charge in [0.1, 0.15) is 22.7 Å². The van der Waals surface area contributed by atoms with Crippen LogP contribution in [0, 0.1) is 11.6 Å². The largest absolute Gasteiger partial charge is 0.477 e. The summed E-state index contributed by atoms with van der Waals surface area (Å²) in [5.41, 5.74) is 3.72. The van der Waals surface area contributed by atoms with Crippen LogP contribution in [0.2, 0.25) is 5.02 Å². The molecule has 0 unspecified atom stereocenters.